The summed E-state index contributed by atoms with van der Waals surface area (Å²) in [5, 5.41) is 11.4. The molecule has 0 aliphatic carbocycles. The summed E-state index contributed by atoms with van der Waals surface area (Å²) in [5.41, 5.74) is 0.692. The molecule has 96 valence electrons. The lowest BCUT2D eigenvalue weighted by Gasteiger charge is -2.20. The molecule has 1 aromatic carbocycles. The van der Waals surface area contributed by atoms with Crippen LogP contribution >= 0.6 is 0 Å². The number of carbonyl (C=O) groups excluding carboxylic acids is 1. The first-order chi connectivity index (χ1) is 8.56. The third-order valence-electron chi connectivity index (χ3n) is 2.45. The standard InChI is InChI=1S/C13H16N2O3/c1-3-7-11(12(16)17)14-13(18)15(2)10-8-5-4-6-9-10/h3-6,8-9,11H,1,7H2,2H3,(H,14,18)(H,16,17). The predicted octanol–water partition coefficient (Wildman–Crippen LogP) is 1.86. The Hall–Kier alpha value is -2.30. The quantitative estimate of drug-likeness (QED) is 0.781. The van der Waals surface area contributed by atoms with Crippen molar-refractivity contribution in [1.82, 2.24) is 5.32 Å². The van der Waals surface area contributed by atoms with Crippen molar-refractivity contribution >= 4 is 17.7 Å². The number of urea groups is 1. The summed E-state index contributed by atoms with van der Waals surface area (Å²) in [6, 6.07) is 7.56. The van der Waals surface area contributed by atoms with Crippen LogP contribution in [0.1, 0.15) is 6.42 Å². The number of rotatable bonds is 5. The molecule has 2 N–H and O–H groups in total. The molecule has 0 spiro atoms. The van der Waals surface area contributed by atoms with Crippen LogP contribution in [0.5, 0.6) is 0 Å². The molecule has 0 bridgehead atoms. The van der Waals surface area contributed by atoms with Gasteiger partial charge < -0.3 is 10.4 Å². The molecule has 0 saturated heterocycles. The predicted molar refractivity (Wildman–Crippen MR) is 69.6 cm³/mol. The Kier molecular flexibility index (Phi) is 4.92. The van der Waals surface area contributed by atoms with Crippen LogP contribution in [0.4, 0.5) is 10.5 Å². The Bertz CT molecular complexity index is 431. The van der Waals surface area contributed by atoms with Crippen molar-refractivity contribution in [3.8, 4) is 0 Å². The maximum absolute atomic E-state index is 11.9. The van der Waals surface area contributed by atoms with Crippen LogP contribution in [0.2, 0.25) is 0 Å². The van der Waals surface area contributed by atoms with Gasteiger partial charge in [-0.2, -0.15) is 0 Å². The molecule has 1 atom stereocenters. The topological polar surface area (TPSA) is 69.6 Å². The largest absolute Gasteiger partial charge is 0.480 e. The minimum atomic E-state index is -1.08. The van der Waals surface area contributed by atoms with Crippen LogP contribution in [-0.2, 0) is 4.79 Å². The smallest absolute Gasteiger partial charge is 0.326 e. The van der Waals surface area contributed by atoms with Crippen molar-refractivity contribution in [2.24, 2.45) is 0 Å². The van der Waals surface area contributed by atoms with E-state index in [0.717, 1.165) is 0 Å². The summed E-state index contributed by atoms with van der Waals surface area (Å²) >= 11 is 0. The lowest BCUT2D eigenvalue weighted by Crippen LogP contribution is -2.46. The van der Waals surface area contributed by atoms with Gasteiger partial charge in [-0.15, -0.1) is 6.58 Å². The van der Waals surface area contributed by atoms with Gasteiger partial charge in [0.2, 0.25) is 0 Å². The van der Waals surface area contributed by atoms with Gasteiger partial charge in [0.25, 0.3) is 0 Å². The number of para-hydroxylation sites is 1. The van der Waals surface area contributed by atoms with Crippen LogP contribution in [-0.4, -0.2) is 30.2 Å². The maximum atomic E-state index is 11.9. The van der Waals surface area contributed by atoms with Crippen molar-refractivity contribution in [2.75, 3.05) is 11.9 Å². The average molecular weight is 248 g/mol. The van der Waals surface area contributed by atoms with E-state index >= 15 is 0 Å². The highest BCUT2D eigenvalue weighted by molar-refractivity contribution is 5.93. The zero-order chi connectivity index (χ0) is 13.5. The molecule has 2 amide bonds. The number of benzene rings is 1. The Balaban J connectivity index is 2.70. The van der Waals surface area contributed by atoms with E-state index in [1.807, 2.05) is 6.07 Å². The van der Waals surface area contributed by atoms with Gasteiger partial charge in [-0.3, -0.25) is 4.90 Å². The summed E-state index contributed by atoms with van der Waals surface area (Å²) in [4.78, 5) is 24.1. The van der Waals surface area contributed by atoms with Gasteiger partial charge in [0.05, 0.1) is 0 Å². The Morgan fingerprint density at radius 3 is 2.56 bits per heavy atom. The lowest BCUT2D eigenvalue weighted by atomic mass is 10.2. The van der Waals surface area contributed by atoms with E-state index in [1.165, 1.54) is 11.0 Å². The van der Waals surface area contributed by atoms with Crippen LogP contribution in [0.3, 0.4) is 0 Å². The molecule has 0 fully saturated rings. The number of carboxylic acid groups (broad SMARTS) is 1. The van der Waals surface area contributed by atoms with Gasteiger partial charge >= 0.3 is 12.0 Å². The summed E-state index contributed by atoms with van der Waals surface area (Å²) in [7, 11) is 1.58. The zero-order valence-corrected chi connectivity index (χ0v) is 10.2. The number of anilines is 1. The van der Waals surface area contributed by atoms with Crippen LogP contribution < -0.4 is 10.2 Å². The average Bonchev–Trinajstić information content (AvgIpc) is 2.38. The maximum Gasteiger partial charge on any atom is 0.326 e. The van der Waals surface area contributed by atoms with Gasteiger partial charge in [-0.1, -0.05) is 24.3 Å². The molecule has 5 heteroatoms. The van der Waals surface area contributed by atoms with Crippen LogP contribution in [0.25, 0.3) is 0 Å². The number of nitrogens with one attached hydrogen (secondary N) is 1. The highest BCUT2D eigenvalue weighted by Gasteiger charge is 2.20. The third kappa shape index (κ3) is 3.62. The first kappa shape index (κ1) is 13.8. The molecule has 0 aliphatic heterocycles. The van der Waals surface area contributed by atoms with Crippen LogP contribution in [0.15, 0.2) is 43.0 Å². The second-order valence-electron chi connectivity index (χ2n) is 3.76. The third-order valence-corrected chi connectivity index (χ3v) is 2.45. The number of nitrogens with zero attached hydrogens (tertiary/aromatic N) is 1. The highest BCUT2D eigenvalue weighted by atomic mass is 16.4. The van der Waals surface area contributed by atoms with Crippen molar-refractivity contribution < 1.29 is 14.7 Å². The summed E-state index contributed by atoms with van der Waals surface area (Å²) in [5.74, 6) is -1.08. The minimum Gasteiger partial charge on any atom is -0.480 e. The Morgan fingerprint density at radius 2 is 2.06 bits per heavy atom. The van der Waals surface area contributed by atoms with Gasteiger partial charge in [-0.05, 0) is 18.6 Å². The first-order valence-electron chi connectivity index (χ1n) is 5.49. The van der Waals surface area contributed by atoms with Crippen molar-refractivity contribution in [2.45, 2.75) is 12.5 Å². The van der Waals surface area contributed by atoms with E-state index in [4.69, 9.17) is 5.11 Å². The fraction of sp³-hybridized carbons (Fsp3) is 0.231. The lowest BCUT2D eigenvalue weighted by molar-refractivity contribution is -0.139. The second-order valence-corrected chi connectivity index (χ2v) is 3.76. The van der Waals surface area contributed by atoms with E-state index in [-0.39, 0.29) is 6.42 Å². The number of aliphatic carboxylic acids is 1. The van der Waals surface area contributed by atoms with E-state index in [2.05, 4.69) is 11.9 Å². The number of amides is 2. The molecule has 0 saturated carbocycles. The second kappa shape index (κ2) is 6.44. The van der Waals surface area contributed by atoms with E-state index in [9.17, 15) is 9.59 Å². The Morgan fingerprint density at radius 1 is 1.44 bits per heavy atom. The molecule has 0 aliphatic rings. The molecule has 5 nitrogen and oxygen atoms in total. The Labute approximate surface area is 106 Å². The summed E-state index contributed by atoms with van der Waals surface area (Å²) in [6.07, 6.45) is 1.64. The number of carboxylic acids is 1. The zero-order valence-electron chi connectivity index (χ0n) is 10.2. The van der Waals surface area contributed by atoms with Crippen molar-refractivity contribution in [3.05, 3.63) is 43.0 Å². The number of carbonyl (C=O) groups is 2. The summed E-state index contributed by atoms with van der Waals surface area (Å²) < 4.78 is 0. The minimum absolute atomic E-state index is 0.184. The molecule has 0 aromatic heterocycles. The van der Waals surface area contributed by atoms with Gasteiger partial charge in [0.15, 0.2) is 0 Å². The number of hydrogen-bond acceptors (Lipinski definition) is 2. The van der Waals surface area contributed by atoms with Gasteiger partial charge in [0, 0.05) is 12.7 Å². The van der Waals surface area contributed by atoms with E-state index in [1.54, 1.807) is 31.3 Å². The molecular weight excluding hydrogens is 232 g/mol. The SMILES string of the molecule is C=CCC(NC(=O)N(C)c1ccccc1)C(=O)O. The normalized spacial score (nSPS) is 11.4. The first-order valence-corrected chi connectivity index (χ1v) is 5.49. The monoisotopic (exact) mass is 248 g/mol. The van der Waals surface area contributed by atoms with Gasteiger partial charge in [0.1, 0.15) is 6.04 Å². The molecule has 18 heavy (non-hydrogen) atoms. The summed E-state index contributed by atoms with van der Waals surface area (Å²) in [6.45, 7) is 3.46. The molecule has 1 rings (SSSR count). The molecule has 0 radical (unpaired) electrons. The number of hydrogen-bond donors (Lipinski definition) is 2. The van der Waals surface area contributed by atoms with Crippen LogP contribution in [0, 0.1) is 0 Å². The molecule has 0 heterocycles. The van der Waals surface area contributed by atoms with E-state index in [0.29, 0.717) is 5.69 Å². The molecule has 1 unspecified atom stereocenters. The highest BCUT2D eigenvalue weighted by Crippen LogP contribution is 2.11. The van der Waals surface area contributed by atoms with Crippen molar-refractivity contribution in [3.63, 3.8) is 0 Å². The van der Waals surface area contributed by atoms with E-state index < -0.39 is 18.0 Å². The van der Waals surface area contributed by atoms with Gasteiger partial charge in [-0.25, -0.2) is 9.59 Å². The molecule has 1 aromatic rings. The van der Waals surface area contributed by atoms with Crippen molar-refractivity contribution in [1.29, 1.82) is 0 Å². The fourth-order valence-electron chi connectivity index (χ4n) is 1.40. The molecular formula is C13H16N2O3. The fourth-order valence-corrected chi connectivity index (χ4v) is 1.40.